The molecule has 0 bridgehead atoms. The van der Waals surface area contributed by atoms with Gasteiger partial charge < -0.3 is 19.9 Å². The summed E-state index contributed by atoms with van der Waals surface area (Å²) in [6.45, 7) is 4.78. The quantitative estimate of drug-likeness (QED) is 0.846. The van der Waals surface area contributed by atoms with Crippen LogP contribution in [0.5, 0.6) is 5.75 Å². The van der Waals surface area contributed by atoms with Gasteiger partial charge in [-0.15, -0.1) is 0 Å². The van der Waals surface area contributed by atoms with Crippen molar-refractivity contribution in [3.63, 3.8) is 0 Å². The van der Waals surface area contributed by atoms with Gasteiger partial charge in [0, 0.05) is 19.1 Å². The summed E-state index contributed by atoms with van der Waals surface area (Å²) >= 11 is 0. The number of rotatable bonds is 6. The number of carbonyl (C=O) groups excluding carboxylic acids is 1. The Morgan fingerprint density at radius 2 is 2.27 bits per heavy atom. The molecule has 1 aromatic carbocycles. The highest BCUT2D eigenvalue weighted by Crippen LogP contribution is 2.35. The average Bonchev–Trinajstić information content (AvgIpc) is 2.46. The molecule has 1 heterocycles. The van der Waals surface area contributed by atoms with E-state index in [0.29, 0.717) is 25.4 Å². The Labute approximate surface area is 131 Å². The second kappa shape index (κ2) is 7.61. The second-order valence-electron chi connectivity index (χ2n) is 6.13. The van der Waals surface area contributed by atoms with Crippen LogP contribution in [-0.2, 0) is 9.53 Å². The van der Waals surface area contributed by atoms with E-state index in [9.17, 15) is 9.90 Å². The number of fused-ring (bicyclic) bond motifs is 1. The molecular weight excluding hydrogens is 282 g/mol. The fourth-order valence-electron chi connectivity index (χ4n) is 2.72. The monoisotopic (exact) mass is 307 g/mol. The maximum atomic E-state index is 11.8. The molecule has 1 aliphatic rings. The Balaban J connectivity index is 2.18. The summed E-state index contributed by atoms with van der Waals surface area (Å²) in [4.78, 5) is 11.8. The van der Waals surface area contributed by atoms with Crippen molar-refractivity contribution in [3.8, 4) is 5.75 Å². The highest BCUT2D eigenvalue weighted by molar-refractivity contribution is 5.77. The summed E-state index contributed by atoms with van der Waals surface area (Å²) < 4.78 is 10.5. The van der Waals surface area contributed by atoms with Crippen LogP contribution in [0.3, 0.4) is 0 Å². The van der Waals surface area contributed by atoms with Crippen LogP contribution in [0.4, 0.5) is 0 Å². The molecule has 0 radical (unpaired) electrons. The van der Waals surface area contributed by atoms with Crippen LogP contribution >= 0.6 is 0 Å². The topological polar surface area (TPSA) is 67.8 Å². The van der Waals surface area contributed by atoms with Crippen LogP contribution in [-0.4, -0.2) is 31.3 Å². The van der Waals surface area contributed by atoms with Crippen molar-refractivity contribution in [2.24, 2.45) is 5.92 Å². The molecule has 0 saturated carbocycles. The van der Waals surface area contributed by atoms with E-state index in [2.05, 4.69) is 19.2 Å². The van der Waals surface area contributed by atoms with Crippen LogP contribution in [0.1, 0.15) is 50.0 Å². The van der Waals surface area contributed by atoms with Gasteiger partial charge in [-0.1, -0.05) is 19.9 Å². The van der Waals surface area contributed by atoms with Crippen LogP contribution in [0.15, 0.2) is 18.2 Å². The van der Waals surface area contributed by atoms with Crippen molar-refractivity contribution >= 4 is 5.91 Å². The smallest absolute Gasteiger partial charge is 0.246 e. The number of benzene rings is 1. The van der Waals surface area contributed by atoms with E-state index in [1.54, 1.807) is 0 Å². The van der Waals surface area contributed by atoms with Gasteiger partial charge in [0.2, 0.25) is 5.91 Å². The minimum Gasteiger partial charge on any atom is -0.493 e. The molecule has 0 spiro atoms. The molecule has 2 unspecified atom stereocenters. The maximum Gasteiger partial charge on any atom is 0.246 e. The summed E-state index contributed by atoms with van der Waals surface area (Å²) in [5.41, 5.74) is 1.79. The van der Waals surface area contributed by atoms with Gasteiger partial charge in [0.15, 0.2) is 0 Å². The molecule has 5 heteroatoms. The van der Waals surface area contributed by atoms with Crippen LogP contribution in [0.25, 0.3) is 0 Å². The largest absolute Gasteiger partial charge is 0.493 e. The summed E-state index contributed by atoms with van der Waals surface area (Å²) in [5.74, 6) is 1.04. The third-order valence-corrected chi connectivity index (χ3v) is 3.76. The summed E-state index contributed by atoms with van der Waals surface area (Å²) in [7, 11) is 1.50. The lowest BCUT2D eigenvalue weighted by atomic mass is 9.93. The zero-order valence-electron chi connectivity index (χ0n) is 13.5. The number of amides is 1. The molecule has 0 saturated heterocycles. The number of aliphatic hydroxyl groups excluding tert-OH is 1. The van der Waals surface area contributed by atoms with Gasteiger partial charge in [0.1, 0.15) is 12.4 Å². The van der Waals surface area contributed by atoms with Gasteiger partial charge in [-0.3, -0.25) is 4.79 Å². The number of methoxy groups -OCH3 is 1. The molecule has 5 nitrogen and oxygen atoms in total. The Hall–Kier alpha value is -1.59. The minimum absolute atomic E-state index is 0.0440. The van der Waals surface area contributed by atoms with Gasteiger partial charge in [-0.2, -0.15) is 0 Å². The number of ether oxygens (including phenoxy) is 2. The van der Waals surface area contributed by atoms with E-state index in [0.717, 1.165) is 16.9 Å². The normalized spacial score (nSPS) is 18.5. The fourth-order valence-corrected chi connectivity index (χ4v) is 2.72. The lowest BCUT2D eigenvalue weighted by Crippen LogP contribution is -2.34. The van der Waals surface area contributed by atoms with Crippen molar-refractivity contribution in [2.45, 2.75) is 38.8 Å². The lowest BCUT2D eigenvalue weighted by Gasteiger charge is -2.28. The van der Waals surface area contributed by atoms with E-state index in [1.165, 1.54) is 7.11 Å². The van der Waals surface area contributed by atoms with Crippen LogP contribution in [0.2, 0.25) is 0 Å². The van der Waals surface area contributed by atoms with Crippen molar-refractivity contribution in [1.29, 1.82) is 0 Å². The Kier molecular flexibility index (Phi) is 5.80. The van der Waals surface area contributed by atoms with E-state index in [4.69, 9.17) is 9.47 Å². The van der Waals surface area contributed by atoms with E-state index < -0.39 is 6.10 Å². The van der Waals surface area contributed by atoms with Gasteiger partial charge in [0.25, 0.3) is 0 Å². The molecule has 0 aromatic heterocycles. The molecule has 22 heavy (non-hydrogen) atoms. The van der Waals surface area contributed by atoms with Crippen molar-refractivity contribution in [2.75, 3.05) is 20.3 Å². The van der Waals surface area contributed by atoms with Gasteiger partial charge in [-0.05, 0) is 30.0 Å². The second-order valence-corrected chi connectivity index (χ2v) is 6.13. The van der Waals surface area contributed by atoms with Crippen LogP contribution in [0, 0.1) is 5.92 Å². The highest BCUT2D eigenvalue weighted by Gasteiger charge is 2.24. The molecule has 1 aliphatic heterocycles. The average molecular weight is 307 g/mol. The number of nitrogens with one attached hydrogen (secondary N) is 1. The van der Waals surface area contributed by atoms with Crippen molar-refractivity contribution < 1.29 is 19.4 Å². The number of hydrogen-bond donors (Lipinski definition) is 2. The zero-order valence-corrected chi connectivity index (χ0v) is 13.5. The third-order valence-electron chi connectivity index (χ3n) is 3.76. The predicted molar refractivity (Wildman–Crippen MR) is 83.7 cm³/mol. The van der Waals surface area contributed by atoms with Gasteiger partial charge in [0.05, 0.1) is 18.8 Å². The molecule has 1 amide bonds. The van der Waals surface area contributed by atoms with Crippen LogP contribution < -0.4 is 10.1 Å². The Morgan fingerprint density at radius 3 is 2.95 bits per heavy atom. The third kappa shape index (κ3) is 4.21. The first-order valence-corrected chi connectivity index (χ1v) is 7.74. The lowest BCUT2D eigenvalue weighted by molar-refractivity contribution is -0.125. The van der Waals surface area contributed by atoms with E-state index >= 15 is 0 Å². The van der Waals surface area contributed by atoms with E-state index in [1.807, 2.05) is 18.2 Å². The molecule has 0 fully saturated rings. The highest BCUT2D eigenvalue weighted by atomic mass is 16.5. The Morgan fingerprint density at radius 1 is 1.50 bits per heavy atom. The zero-order chi connectivity index (χ0) is 16.1. The summed E-state index contributed by atoms with van der Waals surface area (Å²) in [6.07, 6.45) is 0.926. The molecular formula is C17H25NO4. The summed E-state index contributed by atoms with van der Waals surface area (Å²) in [5, 5.41) is 13.3. The first-order chi connectivity index (χ1) is 10.5. The number of carbonyl (C=O) groups is 1. The first-order valence-electron chi connectivity index (χ1n) is 7.74. The SMILES string of the molecule is COCC(=O)NC1CCOc2ccc(C(O)CC(C)C)cc21. The molecule has 2 atom stereocenters. The predicted octanol–water partition coefficient (Wildman–Crippen LogP) is 2.35. The van der Waals surface area contributed by atoms with Gasteiger partial charge >= 0.3 is 0 Å². The molecule has 2 rings (SSSR count). The molecule has 122 valence electrons. The molecule has 0 aliphatic carbocycles. The molecule has 2 N–H and O–H groups in total. The molecule has 1 aromatic rings. The van der Waals surface area contributed by atoms with Crippen molar-refractivity contribution in [3.05, 3.63) is 29.3 Å². The summed E-state index contributed by atoms with van der Waals surface area (Å²) in [6, 6.07) is 5.62. The number of aliphatic hydroxyl groups is 1. The Bertz CT molecular complexity index is 515. The minimum atomic E-state index is -0.498. The fraction of sp³-hybridized carbons (Fsp3) is 0.588. The standard InChI is InChI=1S/C17H25NO4/c1-11(2)8-15(19)12-4-5-16-13(9-12)14(6-7-22-16)18-17(20)10-21-3/h4-5,9,11,14-15,19H,6-8,10H2,1-3H3,(H,18,20). The first kappa shape index (κ1) is 16.8. The van der Waals surface area contributed by atoms with E-state index in [-0.39, 0.29) is 18.6 Å². The maximum absolute atomic E-state index is 11.8. The van der Waals surface area contributed by atoms with Gasteiger partial charge in [-0.25, -0.2) is 0 Å². The number of hydrogen-bond acceptors (Lipinski definition) is 4. The van der Waals surface area contributed by atoms with Crippen molar-refractivity contribution in [1.82, 2.24) is 5.32 Å².